The Morgan fingerprint density at radius 1 is 1.21 bits per heavy atom. The van der Waals surface area contributed by atoms with Crippen LogP contribution in [0.3, 0.4) is 0 Å². The van der Waals surface area contributed by atoms with Crippen LogP contribution in [0.25, 0.3) is 0 Å². The Morgan fingerprint density at radius 3 is 2.63 bits per heavy atom. The van der Waals surface area contributed by atoms with E-state index in [0.717, 1.165) is 4.47 Å². The molecule has 0 aliphatic carbocycles. The number of nitrogens with one attached hydrogen (secondary N) is 1. The lowest BCUT2D eigenvalue weighted by molar-refractivity contribution is 0.0955. The van der Waals surface area contributed by atoms with Gasteiger partial charge >= 0.3 is 0 Å². The molecule has 3 nitrogen and oxygen atoms in total. The minimum absolute atomic E-state index is 0.319. The zero-order valence-corrected chi connectivity index (χ0v) is 11.4. The van der Waals surface area contributed by atoms with Crippen molar-refractivity contribution in [2.45, 2.75) is 0 Å². The van der Waals surface area contributed by atoms with Gasteiger partial charge in [0.25, 0.3) is 5.91 Å². The monoisotopic (exact) mass is 320 g/mol. The van der Waals surface area contributed by atoms with Crippen LogP contribution in [0.4, 0.5) is 4.39 Å². The summed E-state index contributed by atoms with van der Waals surface area (Å²) in [6.45, 7) is 0. The number of benzene rings is 2. The predicted octanol–water partition coefficient (Wildman–Crippen LogP) is 3.35. The maximum Gasteiger partial charge on any atom is 0.271 e. The number of nitrogens with zero attached hydrogens (tertiary/aromatic N) is 1. The van der Waals surface area contributed by atoms with Crippen molar-refractivity contribution < 1.29 is 9.18 Å². The van der Waals surface area contributed by atoms with Gasteiger partial charge in [-0.05, 0) is 42.0 Å². The lowest BCUT2D eigenvalue weighted by Gasteiger charge is -1.99. The minimum Gasteiger partial charge on any atom is -0.267 e. The van der Waals surface area contributed by atoms with E-state index in [2.05, 4.69) is 26.5 Å². The van der Waals surface area contributed by atoms with Gasteiger partial charge in [-0.25, -0.2) is 9.82 Å². The zero-order chi connectivity index (χ0) is 13.7. The summed E-state index contributed by atoms with van der Waals surface area (Å²) in [6, 6.07) is 12.8. The molecular weight excluding hydrogens is 311 g/mol. The number of carbonyl (C=O) groups excluding carboxylic acids is 1. The molecule has 0 atom stereocenters. The first kappa shape index (κ1) is 13.4. The lowest BCUT2D eigenvalue weighted by Crippen LogP contribution is -2.17. The summed E-state index contributed by atoms with van der Waals surface area (Å²) in [7, 11) is 0. The zero-order valence-electron chi connectivity index (χ0n) is 9.81. The standard InChI is InChI=1S/C14H10BrFN2O/c15-12-6-4-11(5-7-12)14(19)18-17-9-10-2-1-3-13(16)8-10/h1-9H,(H,18,19). The second kappa shape index (κ2) is 6.24. The molecule has 0 bridgehead atoms. The molecule has 0 fully saturated rings. The molecule has 19 heavy (non-hydrogen) atoms. The van der Waals surface area contributed by atoms with Gasteiger partial charge in [0.15, 0.2) is 0 Å². The number of carbonyl (C=O) groups is 1. The highest BCUT2D eigenvalue weighted by molar-refractivity contribution is 9.10. The van der Waals surface area contributed by atoms with Gasteiger partial charge < -0.3 is 0 Å². The third-order valence-electron chi connectivity index (χ3n) is 2.33. The molecule has 0 aromatic heterocycles. The Hall–Kier alpha value is -2.01. The minimum atomic E-state index is -0.344. The van der Waals surface area contributed by atoms with Crippen molar-refractivity contribution in [3.05, 3.63) is 69.9 Å². The number of halogens is 2. The van der Waals surface area contributed by atoms with Crippen LogP contribution in [0.5, 0.6) is 0 Å². The van der Waals surface area contributed by atoms with Crippen LogP contribution < -0.4 is 5.43 Å². The van der Waals surface area contributed by atoms with Crippen molar-refractivity contribution in [2.75, 3.05) is 0 Å². The van der Waals surface area contributed by atoms with Crippen molar-refractivity contribution in [1.29, 1.82) is 0 Å². The average molecular weight is 321 g/mol. The first-order valence-electron chi connectivity index (χ1n) is 5.50. The van der Waals surface area contributed by atoms with E-state index < -0.39 is 0 Å². The van der Waals surface area contributed by atoms with E-state index in [-0.39, 0.29) is 11.7 Å². The van der Waals surface area contributed by atoms with E-state index in [1.54, 1.807) is 36.4 Å². The van der Waals surface area contributed by atoms with Gasteiger partial charge in [0.2, 0.25) is 0 Å². The highest BCUT2D eigenvalue weighted by atomic mass is 79.9. The van der Waals surface area contributed by atoms with E-state index in [4.69, 9.17) is 0 Å². The molecule has 2 rings (SSSR count). The van der Waals surface area contributed by atoms with Crippen LogP contribution in [-0.2, 0) is 0 Å². The number of hydrazone groups is 1. The smallest absolute Gasteiger partial charge is 0.267 e. The molecular formula is C14H10BrFN2O. The van der Waals surface area contributed by atoms with Gasteiger partial charge in [0, 0.05) is 10.0 Å². The van der Waals surface area contributed by atoms with Gasteiger partial charge in [-0.15, -0.1) is 0 Å². The fraction of sp³-hybridized carbons (Fsp3) is 0. The molecule has 0 spiro atoms. The quantitative estimate of drug-likeness (QED) is 0.684. The molecule has 0 aliphatic heterocycles. The lowest BCUT2D eigenvalue weighted by atomic mass is 10.2. The molecule has 1 amide bonds. The van der Waals surface area contributed by atoms with Gasteiger partial charge in [0.1, 0.15) is 5.82 Å². The fourth-order valence-corrected chi connectivity index (χ4v) is 1.68. The maximum atomic E-state index is 12.9. The van der Waals surface area contributed by atoms with Crippen molar-refractivity contribution in [3.8, 4) is 0 Å². The Bertz CT molecular complexity index is 611. The third kappa shape index (κ3) is 3.99. The highest BCUT2D eigenvalue weighted by Crippen LogP contribution is 2.10. The average Bonchev–Trinajstić information content (AvgIpc) is 2.39. The molecule has 96 valence electrons. The number of amides is 1. The SMILES string of the molecule is O=C(NN=Cc1cccc(F)c1)c1ccc(Br)cc1. The normalized spacial score (nSPS) is 10.6. The molecule has 5 heteroatoms. The predicted molar refractivity (Wildman–Crippen MR) is 75.6 cm³/mol. The molecule has 2 aromatic carbocycles. The summed E-state index contributed by atoms with van der Waals surface area (Å²) >= 11 is 3.29. The van der Waals surface area contributed by atoms with E-state index in [9.17, 15) is 9.18 Å². The molecule has 1 N–H and O–H groups in total. The van der Waals surface area contributed by atoms with E-state index in [1.807, 2.05) is 0 Å². The molecule has 0 unspecified atom stereocenters. The second-order valence-electron chi connectivity index (χ2n) is 3.76. The highest BCUT2D eigenvalue weighted by Gasteiger charge is 2.02. The van der Waals surface area contributed by atoms with Gasteiger partial charge in [-0.1, -0.05) is 28.1 Å². The summed E-state index contributed by atoms with van der Waals surface area (Å²) in [4.78, 5) is 11.7. The Balaban J connectivity index is 1.98. The number of hydrogen-bond donors (Lipinski definition) is 1. The van der Waals surface area contributed by atoms with Crippen molar-refractivity contribution in [3.63, 3.8) is 0 Å². The van der Waals surface area contributed by atoms with Gasteiger partial charge in [-0.2, -0.15) is 5.10 Å². The van der Waals surface area contributed by atoms with E-state index in [0.29, 0.717) is 11.1 Å². The second-order valence-corrected chi connectivity index (χ2v) is 4.68. The van der Waals surface area contributed by atoms with Crippen LogP contribution in [0, 0.1) is 5.82 Å². The van der Waals surface area contributed by atoms with Crippen molar-refractivity contribution in [2.24, 2.45) is 5.10 Å². The van der Waals surface area contributed by atoms with Crippen LogP contribution in [0.15, 0.2) is 58.1 Å². The summed E-state index contributed by atoms with van der Waals surface area (Å²) in [5.41, 5.74) is 3.46. The molecule has 0 heterocycles. The fourth-order valence-electron chi connectivity index (χ4n) is 1.42. The Kier molecular flexibility index (Phi) is 4.41. The van der Waals surface area contributed by atoms with E-state index >= 15 is 0 Å². The topological polar surface area (TPSA) is 41.5 Å². The van der Waals surface area contributed by atoms with Crippen LogP contribution in [0.2, 0.25) is 0 Å². The van der Waals surface area contributed by atoms with Gasteiger partial charge in [-0.3, -0.25) is 4.79 Å². The first-order chi connectivity index (χ1) is 9.15. The van der Waals surface area contributed by atoms with Gasteiger partial charge in [0.05, 0.1) is 6.21 Å². The molecule has 0 saturated heterocycles. The number of hydrogen-bond acceptors (Lipinski definition) is 2. The third-order valence-corrected chi connectivity index (χ3v) is 2.86. The summed E-state index contributed by atoms with van der Waals surface area (Å²) < 4.78 is 13.8. The molecule has 0 aliphatic rings. The summed E-state index contributed by atoms with van der Waals surface area (Å²) in [5.74, 6) is -0.664. The Labute approximate surface area is 118 Å². The molecule has 0 radical (unpaired) electrons. The van der Waals surface area contributed by atoms with Crippen LogP contribution in [0.1, 0.15) is 15.9 Å². The maximum absolute atomic E-state index is 12.9. The van der Waals surface area contributed by atoms with E-state index in [1.165, 1.54) is 18.3 Å². The molecule has 2 aromatic rings. The summed E-state index contributed by atoms with van der Waals surface area (Å²) in [6.07, 6.45) is 1.39. The number of rotatable bonds is 3. The van der Waals surface area contributed by atoms with Crippen LogP contribution >= 0.6 is 15.9 Å². The van der Waals surface area contributed by atoms with Crippen molar-refractivity contribution >= 4 is 28.1 Å². The summed E-state index contributed by atoms with van der Waals surface area (Å²) in [5, 5.41) is 3.78. The van der Waals surface area contributed by atoms with Crippen LogP contribution in [-0.4, -0.2) is 12.1 Å². The molecule has 0 saturated carbocycles. The largest absolute Gasteiger partial charge is 0.271 e. The Morgan fingerprint density at radius 2 is 1.95 bits per heavy atom. The first-order valence-corrected chi connectivity index (χ1v) is 6.29. The van der Waals surface area contributed by atoms with Crippen molar-refractivity contribution in [1.82, 2.24) is 5.43 Å².